The first-order chi connectivity index (χ1) is 23.4. The van der Waals surface area contributed by atoms with Crippen LogP contribution in [0.3, 0.4) is 0 Å². The van der Waals surface area contributed by atoms with Crippen LogP contribution in [0.4, 0.5) is 26.3 Å². The molecule has 1 fully saturated rings. The number of nitrogens with zero attached hydrogens (tertiary/aromatic N) is 1. The van der Waals surface area contributed by atoms with Gasteiger partial charge in [0.15, 0.2) is 18.1 Å². The van der Waals surface area contributed by atoms with Gasteiger partial charge in [-0.25, -0.2) is 13.2 Å². The van der Waals surface area contributed by atoms with E-state index in [1.807, 2.05) is 0 Å². The number of carbonyl (C=O) groups excluding carboxylic acids is 1. The van der Waals surface area contributed by atoms with Crippen LogP contribution in [-0.4, -0.2) is 63.2 Å². The molecule has 1 saturated heterocycles. The molecule has 1 unspecified atom stereocenters. The number of aliphatic carboxylic acids is 1. The average Bonchev–Trinajstić information content (AvgIpc) is 3.08. The van der Waals surface area contributed by atoms with Crippen molar-refractivity contribution in [2.45, 2.75) is 61.5 Å². The highest BCUT2D eigenvalue weighted by molar-refractivity contribution is 7.89. The number of piperidine rings is 1. The van der Waals surface area contributed by atoms with E-state index in [0.29, 0.717) is 27.8 Å². The minimum atomic E-state index is -5.30. The molecule has 1 N–H and O–H groups in total. The summed E-state index contributed by atoms with van der Waals surface area (Å²) in [6.45, 7) is -1.03. The monoisotopic (exact) mass is 733 g/mol. The van der Waals surface area contributed by atoms with Crippen molar-refractivity contribution in [2.24, 2.45) is 0 Å². The van der Waals surface area contributed by atoms with Crippen LogP contribution >= 0.6 is 0 Å². The fraction of sp³-hybridized carbons (Fsp3) is 0.394. The zero-order valence-corrected chi connectivity index (χ0v) is 27.5. The van der Waals surface area contributed by atoms with Gasteiger partial charge in [0.2, 0.25) is 10.0 Å². The summed E-state index contributed by atoms with van der Waals surface area (Å²) in [5.41, 5.74) is -2.56. The zero-order chi connectivity index (χ0) is 36.9. The third-order valence-corrected chi connectivity index (χ3v) is 9.77. The first-order valence-electron chi connectivity index (χ1n) is 15.1. The number of benzene rings is 3. The molecule has 0 amide bonds. The Morgan fingerprint density at radius 1 is 0.900 bits per heavy atom. The van der Waals surface area contributed by atoms with E-state index in [-0.39, 0.29) is 56.2 Å². The molecule has 10 nitrogen and oxygen atoms in total. The Bertz CT molecular complexity index is 1760. The lowest BCUT2D eigenvalue weighted by Gasteiger charge is -2.34. The molecule has 4 rings (SSSR count). The number of carboxylic acids is 1. The smallest absolute Gasteiger partial charge is 0.416 e. The molecule has 0 spiro atoms. The minimum absolute atomic E-state index is 0.103. The van der Waals surface area contributed by atoms with Crippen LogP contribution < -0.4 is 14.2 Å². The molecule has 1 heterocycles. The van der Waals surface area contributed by atoms with Crippen LogP contribution in [0.15, 0.2) is 65.6 Å². The maximum absolute atomic E-state index is 13.8. The van der Waals surface area contributed by atoms with Crippen molar-refractivity contribution in [2.75, 3.05) is 27.4 Å². The van der Waals surface area contributed by atoms with Crippen LogP contribution in [-0.2, 0) is 43.1 Å². The number of sulfonamides is 1. The maximum Gasteiger partial charge on any atom is 0.416 e. The Morgan fingerprint density at radius 2 is 1.56 bits per heavy atom. The van der Waals surface area contributed by atoms with Crippen molar-refractivity contribution >= 4 is 22.0 Å². The standard InChI is InChI=1S/C33H33F6NO9S/c1-46-28-12-10-20(14-29(28)47-2)9-11-27(21-6-5-7-24(15-21)48-19-30(41)42)49-31(43)26-8-3-4-13-40(26)50(44,45)25-17-22(32(34,35)36)16-23(18-25)33(37,38)39/h5-7,10,12,14-18,26-27H,3-4,8-9,11,13,19H2,1-2H3,(H,41,42)/t26?,27-/m1/s1. The second-order valence-corrected chi connectivity index (χ2v) is 13.2. The Kier molecular flexibility index (Phi) is 11.9. The van der Waals surface area contributed by atoms with Gasteiger partial charge in [0, 0.05) is 6.54 Å². The number of esters is 1. The summed E-state index contributed by atoms with van der Waals surface area (Å²) in [4.78, 5) is 23.6. The number of rotatable bonds is 13. The van der Waals surface area contributed by atoms with E-state index >= 15 is 0 Å². The van der Waals surface area contributed by atoms with Crippen LogP contribution in [0.5, 0.6) is 17.2 Å². The van der Waals surface area contributed by atoms with Gasteiger partial charge in [0.1, 0.15) is 17.9 Å². The Labute approximate surface area is 283 Å². The number of alkyl halides is 6. The second kappa shape index (κ2) is 15.6. The van der Waals surface area contributed by atoms with Gasteiger partial charge in [0.25, 0.3) is 0 Å². The molecule has 1 aliphatic rings. The van der Waals surface area contributed by atoms with Gasteiger partial charge in [-0.05, 0) is 85.7 Å². The summed E-state index contributed by atoms with van der Waals surface area (Å²) in [5.74, 6) is -1.30. The summed E-state index contributed by atoms with van der Waals surface area (Å²) in [7, 11) is -2.17. The van der Waals surface area contributed by atoms with Gasteiger partial charge < -0.3 is 24.1 Å². The van der Waals surface area contributed by atoms with Crippen molar-refractivity contribution in [1.29, 1.82) is 0 Å². The zero-order valence-electron chi connectivity index (χ0n) is 26.7. The summed E-state index contributed by atoms with van der Waals surface area (Å²) in [6.07, 6.45) is -10.9. The average molecular weight is 734 g/mol. The van der Waals surface area contributed by atoms with Gasteiger partial charge in [-0.15, -0.1) is 0 Å². The molecule has 50 heavy (non-hydrogen) atoms. The number of carboxylic acid groups (broad SMARTS) is 1. The molecule has 0 radical (unpaired) electrons. The molecule has 1 aliphatic heterocycles. The quantitative estimate of drug-likeness (QED) is 0.151. The first-order valence-corrected chi connectivity index (χ1v) is 16.6. The normalized spacial score (nSPS) is 16.4. The van der Waals surface area contributed by atoms with Gasteiger partial charge in [0.05, 0.1) is 30.2 Å². The summed E-state index contributed by atoms with van der Waals surface area (Å²) >= 11 is 0. The van der Waals surface area contributed by atoms with Crippen LogP contribution in [0.2, 0.25) is 0 Å². The second-order valence-electron chi connectivity index (χ2n) is 11.3. The molecular weight excluding hydrogens is 700 g/mol. The van der Waals surface area contributed by atoms with Crippen molar-refractivity contribution < 1.29 is 68.4 Å². The predicted molar refractivity (Wildman–Crippen MR) is 164 cm³/mol. The molecule has 272 valence electrons. The highest BCUT2D eigenvalue weighted by Crippen LogP contribution is 2.39. The Hall–Kier alpha value is -4.51. The third kappa shape index (κ3) is 9.38. The van der Waals surface area contributed by atoms with E-state index in [1.54, 1.807) is 24.3 Å². The Balaban J connectivity index is 1.68. The maximum atomic E-state index is 13.8. The fourth-order valence-electron chi connectivity index (χ4n) is 5.43. The SMILES string of the molecule is COc1ccc(CC[C@@H](OC(=O)C2CCCCN2S(=O)(=O)c2cc(C(F)(F)F)cc(C(F)(F)F)c2)c2cccc(OCC(=O)O)c2)cc1OC. The molecule has 3 aromatic rings. The highest BCUT2D eigenvalue weighted by Gasteiger charge is 2.43. The third-order valence-electron chi connectivity index (χ3n) is 7.89. The number of hydrogen-bond acceptors (Lipinski definition) is 8. The fourth-order valence-corrected chi connectivity index (χ4v) is 7.15. The van der Waals surface area contributed by atoms with Gasteiger partial charge in [-0.3, -0.25) is 4.79 Å². The van der Waals surface area contributed by atoms with Gasteiger partial charge >= 0.3 is 24.3 Å². The summed E-state index contributed by atoms with van der Waals surface area (Å²) < 4.78 is 131. The summed E-state index contributed by atoms with van der Waals surface area (Å²) in [6, 6.07) is 9.56. The van der Waals surface area contributed by atoms with Crippen molar-refractivity contribution in [3.05, 3.63) is 82.9 Å². The van der Waals surface area contributed by atoms with Crippen molar-refractivity contribution in [1.82, 2.24) is 4.31 Å². The van der Waals surface area contributed by atoms with Gasteiger partial charge in [-0.1, -0.05) is 18.2 Å². The number of ether oxygens (including phenoxy) is 4. The van der Waals surface area contributed by atoms with E-state index < -0.39 is 69.1 Å². The van der Waals surface area contributed by atoms with E-state index in [0.717, 1.165) is 5.56 Å². The number of methoxy groups -OCH3 is 2. The molecule has 0 aromatic heterocycles. The molecule has 0 bridgehead atoms. The van der Waals surface area contributed by atoms with Gasteiger partial charge in [-0.2, -0.15) is 30.6 Å². The van der Waals surface area contributed by atoms with Crippen molar-refractivity contribution in [3.63, 3.8) is 0 Å². The van der Waals surface area contributed by atoms with E-state index in [9.17, 15) is 44.3 Å². The Morgan fingerprint density at radius 3 is 2.16 bits per heavy atom. The molecule has 2 atom stereocenters. The molecular formula is C33H33F6NO9S. The molecule has 0 saturated carbocycles. The summed E-state index contributed by atoms with van der Waals surface area (Å²) in [5, 5.41) is 9.01. The number of carbonyl (C=O) groups is 2. The largest absolute Gasteiger partial charge is 0.493 e. The molecule has 3 aromatic carbocycles. The lowest BCUT2D eigenvalue weighted by atomic mass is 10.00. The van der Waals surface area contributed by atoms with E-state index in [2.05, 4.69) is 0 Å². The lowest BCUT2D eigenvalue weighted by Crippen LogP contribution is -2.48. The van der Waals surface area contributed by atoms with Crippen molar-refractivity contribution in [3.8, 4) is 17.2 Å². The number of hydrogen-bond donors (Lipinski definition) is 1. The van der Waals surface area contributed by atoms with Crippen LogP contribution in [0.25, 0.3) is 0 Å². The van der Waals surface area contributed by atoms with Crippen LogP contribution in [0.1, 0.15) is 54.0 Å². The van der Waals surface area contributed by atoms with Crippen LogP contribution in [0, 0.1) is 0 Å². The lowest BCUT2D eigenvalue weighted by molar-refractivity contribution is -0.155. The molecule has 17 heteroatoms. The molecule has 0 aliphatic carbocycles. The number of halogens is 6. The highest BCUT2D eigenvalue weighted by atomic mass is 32.2. The number of aryl methyl sites for hydroxylation is 1. The van der Waals surface area contributed by atoms with E-state index in [1.165, 1.54) is 32.4 Å². The topological polar surface area (TPSA) is 129 Å². The minimum Gasteiger partial charge on any atom is -0.493 e. The van der Waals surface area contributed by atoms with E-state index in [4.69, 9.17) is 24.1 Å². The first kappa shape index (κ1) is 38.3. The predicted octanol–water partition coefficient (Wildman–Crippen LogP) is 6.67.